The number of carbonyl (C=O) groups excluding carboxylic acids is 6. The smallest absolute Gasteiger partial charge is 0.338 e. The Kier molecular flexibility index (Phi) is 12.1. The number of benzene rings is 2. The van der Waals surface area contributed by atoms with E-state index in [-0.39, 0.29) is 29.7 Å². The van der Waals surface area contributed by atoms with E-state index in [1.807, 2.05) is 0 Å². The lowest BCUT2D eigenvalue weighted by Crippen LogP contribution is -2.82. The third-order valence-corrected chi connectivity index (χ3v) is 13.2. The highest BCUT2D eigenvalue weighted by atomic mass is 16.6. The van der Waals surface area contributed by atoms with E-state index in [9.17, 15) is 39.3 Å². The van der Waals surface area contributed by atoms with Gasteiger partial charge in [0.25, 0.3) is 0 Å². The van der Waals surface area contributed by atoms with Crippen molar-refractivity contribution in [1.29, 1.82) is 0 Å². The summed E-state index contributed by atoms with van der Waals surface area (Å²) in [5.41, 5.74) is -6.91. The van der Waals surface area contributed by atoms with Gasteiger partial charge in [-0.3, -0.25) is 19.2 Å². The van der Waals surface area contributed by atoms with E-state index in [4.69, 9.17) is 23.7 Å². The number of rotatable bonds is 10. The molecule has 2 bridgehead atoms. The number of ether oxygens (including phenoxy) is 5. The fraction of sp³-hybridized carbons (Fsp3) is 0.511. The maximum absolute atomic E-state index is 15.4. The van der Waals surface area contributed by atoms with E-state index in [0.29, 0.717) is 11.1 Å². The maximum atomic E-state index is 15.4. The first kappa shape index (κ1) is 44.3. The first-order valence-electron chi connectivity index (χ1n) is 19.9. The quantitative estimate of drug-likeness (QED) is 0.117. The van der Waals surface area contributed by atoms with Gasteiger partial charge in [0.15, 0.2) is 23.6 Å². The van der Waals surface area contributed by atoms with Gasteiger partial charge in [0, 0.05) is 37.7 Å². The highest BCUT2D eigenvalue weighted by Crippen LogP contribution is 2.64. The molecular formula is C45H53NO14. The Balaban J connectivity index is 1.56. The van der Waals surface area contributed by atoms with Crippen LogP contribution >= 0.6 is 0 Å². The van der Waals surface area contributed by atoms with Gasteiger partial charge in [-0.2, -0.15) is 0 Å². The lowest BCUT2D eigenvalue weighted by atomic mass is 9.44. The Morgan fingerprint density at radius 2 is 1.53 bits per heavy atom. The average Bonchev–Trinajstić information content (AvgIpc) is 3.20. The first-order valence-corrected chi connectivity index (χ1v) is 19.9. The Labute approximate surface area is 348 Å². The molecule has 4 N–H and O–H groups in total. The molecule has 3 aliphatic carbocycles. The fourth-order valence-corrected chi connectivity index (χ4v) is 9.75. The van der Waals surface area contributed by atoms with Crippen molar-refractivity contribution in [2.24, 2.45) is 16.7 Å². The van der Waals surface area contributed by atoms with Crippen molar-refractivity contribution in [3.63, 3.8) is 0 Å². The molecule has 1 aliphatic heterocycles. The summed E-state index contributed by atoms with van der Waals surface area (Å²) < 4.78 is 30.2. The van der Waals surface area contributed by atoms with Gasteiger partial charge < -0.3 is 44.3 Å². The number of carbonyl (C=O) groups is 6. The lowest BCUT2D eigenvalue weighted by Gasteiger charge is -2.67. The third kappa shape index (κ3) is 7.24. The molecule has 0 spiro atoms. The minimum atomic E-state index is -2.38. The van der Waals surface area contributed by atoms with Crippen LogP contribution in [0.1, 0.15) is 90.2 Å². The third-order valence-electron chi connectivity index (χ3n) is 13.2. The molecule has 15 heteroatoms. The van der Waals surface area contributed by atoms with E-state index in [1.165, 1.54) is 26.0 Å². The Hall–Kier alpha value is -5.22. The summed E-state index contributed by atoms with van der Waals surface area (Å²) in [6.45, 7) is 11.2. The van der Waals surface area contributed by atoms with Crippen LogP contribution in [0.15, 0.2) is 83.5 Å². The van der Waals surface area contributed by atoms with Gasteiger partial charge in [-0.15, -0.1) is 0 Å². The van der Waals surface area contributed by atoms with Crippen molar-refractivity contribution in [1.82, 2.24) is 5.32 Å². The van der Waals surface area contributed by atoms with Gasteiger partial charge in [-0.25, -0.2) is 9.59 Å². The van der Waals surface area contributed by atoms with Crippen LogP contribution in [0.2, 0.25) is 0 Å². The number of amides is 1. The Bertz CT molecular complexity index is 2110. The molecule has 2 aromatic rings. The number of aliphatic hydroxyl groups is 3. The number of nitrogens with one attached hydrogen (secondary N) is 1. The van der Waals surface area contributed by atoms with E-state index < -0.39 is 113 Å². The summed E-state index contributed by atoms with van der Waals surface area (Å²) >= 11 is 0. The Morgan fingerprint density at radius 3 is 2.08 bits per heavy atom. The molecule has 2 saturated carbocycles. The molecule has 2 aromatic carbocycles. The van der Waals surface area contributed by atoms with Crippen LogP contribution in [-0.2, 0) is 47.7 Å². The molecule has 322 valence electrons. The first-order chi connectivity index (χ1) is 28.1. The summed E-state index contributed by atoms with van der Waals surface area (Å²) in [7, 11) is 0. The van der Waals surface area contributed by atoms with Gasteiger partial charge in [0.2, 0.25) is 5.91 Å². The standard InChI is InChI=1S/C45H53NO14/c1-9-23(2)39(52)46-33(27-16-12-10-13-17-27)34(50)41(54)58-29-21-45(55)38(59-40(53)28-18-14-11-15-19-28)36-43(8,30(49)20-31-44(36,22-56-31)60-26(5)48)37(51)35(57-25(4)47)32(24(29)3)42(45,6)7/h9-19,29-31,33-36,38,49-50,55H,20-22H2,1-8H3,(H,46,52)/b23-9-/t29-,30-,31+,33-,34+,35+,36?,38?,43+,44-,45+/m0/s1. The van der Waals surface area contributed by atoms with Crippen LogP contribution < -0.4 is 5.32 Å². The topological polar surface area (TPSA) is 221 Å². The largest absolute Gasteiger partial charge is 0.456 e. The van der Waals surface area contributed by atoms with Crippen molar-refractivity contribution in [2.45, 2.75) is 122 Å². The van der Waals surface area contributed by atoms with Gasteiger partial charge in [-0.1, -0.05) is 68.5 Å². The molecule has 15 nitrogen and oxygen atoms in total. The summed E-state index contributed by atoms with van der Waals surface area (Å²) in [6.07, 6.45) is -8.88. The number of allylic oxidation sites excluding steroid dienone is 1. The molecule has 60 heavy (non-hydrogen) atoms. The molecule has 2 unspecified atom stereocenters. The summed E-state index contributed by atoms with van der Waals surface area (Å²) in [4.78, 5) is 82.9. The molecule has 1 saturated heterocycles. The van der Waals surface area contributed by atoms with Crippen LogP contribution in [0.25, 0.3) is 0 Å². The number of esters is 4. The molecule has 0 aromatic heterocycles. The van der Waals surface area contributed by atoms with Crippen LogP contribution in [0.4, 0.5) is 0 Å². The van der Waals surface area contributed by atoms with E-state index in [0.717, 1.165) is 13.8 Å². The molecule has 6 rings (SSSR count). The number of Topliss-reactive ketones (excluding diaryl/α,β-unsaturated/α-hetero) is 1. The van der Waals surface area contributed by atoms with Crippen LogP contribution in [0.5, 0.6) is 0 Å². The molecule has 11 atom stereocenters. The van der Waals surface area contributed by atoms with Crippen LogP contribution in [-0.4, -0.2) is 105 Å². The van der Waals surface area contributed by atoms with Gasteiger partial charge >= 0.3 is 23.9 Å². The molecule has 4 aliphatic rings. The predicted molar refractivity (Wildman–Crippen MR) is 211 cm³/mol. The lowest BCUT2D eigenvalue weighted by molar-refractivity contribution is -0.346. The van der Waals surface area contributed by atoms with Gasteiger partial charge in [-0.05, 0) is 56.5 Å². The molecule has 3 fully saturated rings. The summed E-state index contributed by atoms with van der Waals surface area (Å²) in [5.74, 6) is -6.78. The minimum Gasteiger partial charge on any atom is -0.456 e. The zero-order valence-electron chi connectivity index (χ0n) is 34.9. The number of ketones is 1. The molecule has 1 heterocycles. The van der Waals surface area contributed by atoms with Gasteiger partial charge in [0.1, 0.15) is 23.9 Å². The van der Waals surface area contributed by atoms with Crippen molar-refractivity contribution >= 4 is 35.6 Å². The van der Waals surface area contributed by atoms with Crippen LogP contribution in [0, 0.1) is 16.7 Å². The Morgan fingerprint density at radius 1 is 0.917 bits per heavy atom. The molecular weight excluding hydrogens is 778 g/mol. The SMILES string of the molecule is C/C=C(/C)C(=O)N[C@@H](c1ccccc1)[C@@H](O)C(=O)O[C@H]1C[C@@]2(O)C(OC(=O)c3ccccc3)C3[C@](C)(C(=O)[C@H](OC(C)=O)C(=C1C)C2(C)C)[C@@H](O)C[C@H]1OC[C@@]31OC(C)=O. The zero-order valence-corrected chi connectivity index (χ0v) is 34.9. The predicted octanol–water partition coefficient (Wildman–Crippen LogP) is 3.39. The maximum Gasteiger partial charge on any atom is 0.338 e. The summed E-state index contributed by atoms with van der Waals surface area (Å²) in [5, 5.41) is 40.0. The minimum absolute atomic E-state index is 0.00140. The second-order valence-electron chi connectivity index (χ2n) is 17.0. The number of hydrogen-bond donors (Lipinski definition) is 4. The second kappa shape index (κ2) is 16.3. The second-order valence-corrected chi connectivity index (χ2v) is 17.0. The molecule has 1 amide bonds. The monoisotopic (exact) mass is 831 g/mol. The number of hydrogen-bond acceptors (Lipinski definition) is 14. The highest BCUT2D eigenvalue weighted by Gasteiger charge is 2.78. The van der Waals surface area contributed by atoms with Crippen molar-refractivity contribution in [3.05, 3.63) is 94.6 Å². The summed E-state index contributed by atoms with van der Waals surface area (Å²) in [6, 6.07) is 14.8. The van der Waals surface area contributed by atoms with Crippen molar-refractivity contribution in [2.75, 3.05) is 6.61 Å². The average molecular weight is 832 g/mol. The highest BCUT2D eigenvalue weighted by molar-refractivity contribution is 5.96. The van der Waals surface area contributed by atoms with E-state index in [1.54, 1.807) is 82.3 Å². The molecule has 0 radical (unpaired) electrons. The van der Waals surface area contributed by atoms with Crippen LogP contribution in [0.3, 0.4) is 0 Å². The normalized spacial score (nSPS) is 32.9. The van der Waals surface area contributed by atoms with Crippen molar-refractivity contribution < 1.29 is 67.8 Å². The van der Waals surface area contributed by atoms with E-state index in [2.05, 4.69) is 5.32 Å². The number of fused-ring (bicyclic) bond motifs is 5. The zero-order chi connectivity index (χ0) is 44.1. The fourth-order valence-electron chi connectivity index (χ4n) is 9.75. The van der Waals surface area contributed by atoms with E-state index >= 15 is 4.79 Å². The van der Waals surface area contributed by atoms with Gasteiger partial charge in [0.05, 0.1) is 35.6 Å². The van der Waals surface area contributed by atoms with Crippen molar-refractivity contribution in [3.8, 4) is 0 Å². The number of aliphatic hydroxyl groups excluding tert-OH is 2.